The van der Waals surface area contributed by atoms with E-state index in [2.05, 4.69) is 20.6 Å². The fraction of sp³-hybridized carbons (Fsp3) is 0.0952. The number of alkyl halides is 1. The summed E-state index contributed by atoms with van der Waals surface area (Å²) in [6, 6.07) is 15.0. The third kappa shape index (κ3) is 4.14. The van der Waals surface area contributed by atoms with Crippen LogP contribution in [0.1, 0.15) is 5.56 Å². The van der Waals surface area contributed by atoms with E-state index in [1.165, 1.54) is 0 Å². The standard InChI is InChI=1S/C21H18ClN5O2/c1-14-5-2-3-8-17(14)26-21-18-11-23-13-27(18)20(12-24-21)29-16-7-4-6-15(9-16)25-19(28)10-22/h2-9,11-13H,10H2,1H3,(H,24,26)(H,25,28). The number of carbonyl (C=O) groups is 1. The normalized spacial score (nSPS) is 10.7. The van der Waals surface area contributed by atoms with E-state index in [1.54, 1.807) is 47.4 Å². The number of anilines is 3. The van der Waals surface area contributed by atoms with Gasteiger partial charge in [0.15, 0.2) is 5.82 Å². The van der Waals surface area contributed by atoms with Crippen LogP contribution in [0.3, 0.4) is 0 Å². The Bertz CT molecular complexity index is 1170. The Hall–Kier alpha value is -3.58. The second kappa shape index (κ2) is 8.20. The Kier molecular flexibility index (Phi) is 5.31. The summed E-state index contributed by atoms with van der Waals surface area (Å²) in [7, 11) is 0. The summed E-state index contributed by atoms with van der Waals surface area (Å²) in [6.45, 7) is 2.03. The fourth-order valence-electron chi connectivity index (χ4n) is 2.86. The molecule has 0 atom stereocenters. The minimum atomic E-state index is -0.283. The van der Waals surface area contributed by atoms with Gasteiger partial charge in [0.1, 0.15) is 23.5 Å². The number of nitrogens with one attached hydrogen (secondary N) is 2. The summed E-state index contributed by atoms with van der Waals surface area (Å²) in [4.78, 5) is 20.2. The lowest BCUT2D eigenvalue weighted by Gasteiger charge is -2.13. The maximum Gasteiger partial charge on any atom is 0.239 e. The van der Waals surface area contributed by atoms with Gasteiger partial charge in [-0.15, -0.1) is 11.6 Å². The highest BCUT2D eigenvalue weighted by Crippen LogP contribution is 2.28. The molecule has 0 fully saturated rings. The lowest BCUT2D eigenvalue weighted by Crippen LogP contribution is -2.12. The van der Waals surface area contributed by atoms with E-state index in [9.17, 15) is 4.79 Å². The number of hydrogen-bond donors (Lipinski definition) is 2. The largest absolute Gasteiger partial charge is 0.439 e. The highest BCUT2D eigenvalue weighted by Gasteiger charge is 2.11. The molecule has 4 aromatic rings. The number of ether oxygens (including phenoxy) is 1. The van der Waals surface area contributed by atoms with Crippen molar-refractivity contribution in [1.82, 2.24) is 14.4 Å². The molecule has 0 saturated carbocycles. The van der Waals surface area contributed by atoms with Crippen LogP contribution < -0.4 is 15.4 Å². The molecule has 29 heavy (non-hydrogen) atoms. The topological polar surface area (TPSA) is 80.6 Å². The Morgan fingerprint density at radius 3 is 2.86 bits per heavy atom. The van der Waals surface area contributed by atoms with Crippen molar-refractivity contribution >= 4 is 40.2 Å². The first-order valence-corrected chi connectivity index (χ1v) is 9.45. The summed E-state index contributed by atoms with van der Waals surface area (Å²) in [5.41, 5.74) is 3.46. The van der Waals surface area contributed by atoms with E-state index in [0.29, 0.717) is 23.1 Å². The van der Waals surface area contributed by atoms with Gasteiger partial charge in [-0.1, -0.05) is 24.3 Å². The molecule has 8 heteroatoms. The quantitative estimate of drug-likeness (QED) is 0.451. The summed E-state index contributed by atoms with van der Waals surface area (Å²) < 4.78 is 7.79. The molecule has 0 radical (unpaired) electrons. The van der Waals surface area contributed by atoms with Crippen LogP contribution in [0.2, 0.25) is 0 Å². The number of benzene rings is 2. The van der Waals surface area contributed by atoms with Crippen LogP contribution in [0.15, 0.2) is 67.3 Å². The Balaban J connectivity index is 1.62. The minimum Gasteiger partial charge on any atom is -0.439 e. The van der Waals surface area contributed by atoms with Gasteiger partial charge >= 0.3 is 0 Å². The first-order valence-electron chi connectivity index (χ1n) is 8.91. The molecular weight excluding hydrogens is 390 g/mol. The molecule has 0 saturated heterocycles. The summed E-state index contributed by atoms with van der Waals surface area (Å²) >= 11 is 5.54. The molecule has 0 spiro atoms. The summed E-state index contributed by atoms with van der Waals surface area (Å²) in [5, 5.41) is 6.04. The molecule has 0 aliphatic rings. The van der Waals surface area contributed by atoms with Gasteiger partial charge in [-0.2, -0.15) is 0 Å². The molecule has 7 nitrogen and oxygen atoms in total. The Morgan fingerprint density at radius 1 is 1.17 bits per heavy atom. The van der Waals surface area contributed by atoms with Crippen LogP contribution >= 0.6 is 11.6 Å². The number of para-hydroxylation sites is 1. The molecule has 0 unspecified atom stereocenters. The molecular formula is C21H18ClN5O2. The third-order valence-corrected chi connectivity index (χ3v) is 4.53. The number of amides is 1. The zero-order chi connectivity index (χ0) is 20.2. The van der Waals surface area contributed by atoms with Gasteiger partial charge in [0.25, 0.3) is 0 Å². The number of nitrogens with zero attached hydrogens (tertiary/aromatic N) is 3. The van der Waals surface area contributed by atoms with Crippen LogP contribution in [-0.4, -0.2) is 26.2 Å². The van der Waals surface area contributed by atoms with Crippen molar-refractivity contribution in [3.8, 4) is 11.6 Å². The van der Waals surface area contributed by atoms with Gasteiger partial charge < -0.3 is 15.4 Å². The number of rotatable bonds is 6. The van der Waals surface area contributed by atoms with Gasteiger partial charge in [0.2, 0.25) is 11.8 Å². The number of aromatic nitrogens is 3. The lowest BCUT2D eigenvalue weighted by atomic mass is 10.2. The molecule has 0 bridgehead atoms. The van der Waals surface area contributed by atoms with Crippen molar-refractivity contribution in [2.45, 2.75) is 6.92 Å². The van der Waals surface area contributed by atoms with Crippen molar-refractivity contribution in [1.29, 1.82) is 0 Å². The summed E-state index contributed by atoms with van der Waals surface area (Å²) in [6.07, 6.45) is 5.01. The van der Waals surface area contributed by atoms with E-state index in [0.717, 1.165) is 16.8 Å². The Morgan fingerprint density at radius 2 is 2.03 bits per heavy atom. The van der Waals surface area contributed by atoms with E-state index < -0.39 is 0 Å². The average molecular weight is 408 g/mol. The molecule has 2 aromatic carbocycles. The zero-order valence-corrected chi connectivity index (χ0v) is 16.3. The summed E-state index contributed by atoms with van der Waals surface area (Å²) in [5.74, 6) is 1.32. The van der Waals surface area contributed by atoms with Gasteiger partial charge in [-0.3, -0.25) is 9.20 Å². The molecule has 2 heterocycles. The van der Waals surface area contributed by atoms with Crippen LogP contribution in [-0.2, 0) is 4.79 Å². The average Bonchev–Trinajstić information content (AvgIpc) is 3.22. The second-order valence-electron chi connectivity index (χ2n) is 6.35. The van der Waals surface area contributed by atoms with Crippen molar-refractivity contribution in [2.24, 2.45) is 0 Å². The molecule has 4 rings (SSSR count). The van der Waals surface area contributed by atoms with Crippen LogP contribution in [0.4, 0.5) is 17.2 Å². The molecule has 1 amide bonds. The Labute approximate surface area is 172 Å². The molecule has 0 aliphatic carbocycles. The number of imidazole rings is 1. The van der Waals surface area contributed by atoms with Crippen LogP contribution in [0.25, 0.3) is 5.52 Å². The van der Waals surface area contributed by atoms with Crippen molar-refractivity contribution in [3.05, 3.63) is 72.8 Å². The smallest absolute Gasteiger partial charge is 0.239 e. The number of aryl methyl sites for hydroxylation is 1. The van der Waals surface area contributed by atoms with Crippen molar-refractivity contribution in [2.75, 3.05) is 16.5 Å². The van der Waals surface area contributed by atoms with E-state index in [1.807, 2.05) is 31.2 Å². The molecule has 0 aliphatic heterocycles. The maximum atomic E-state index is 11.5. The van der Waals surface area contributed by atoms with Crippen LogP contribution in [0.5, 0.6) is 11.6 Å². The monoisotopic (exact) mass is 407 g/mol. The van der Waals surface area contributed by atoms with E-state index in [4.69, 9.17) is 16.3 Å². The van der Waals surface area contributed by atoms with Crippen LogP contribution in [0, 0.1) is 6.92 Å². The highest BCUT2D eigenvalue weighted by molar-refractivity contribution is 6.29. The van der Waals surface area contributed by atoms with Gasteiger partial charge in [0, 0.05) is 17.4 Å². The maximum absolute atomic E-state index is 11.5. The van der Waals surface area contributed by atoms with Crippen molar-refractivity contribution in [3.63, 3.8) is 0 Å². The molecule has 146 valence electrons. The van der Waals surface area contributed by atoms with E-state index in [-0.39, 0.29) is 11.8 Å². The van der Waals surface area contributed by atoms with Gasteiger partial charge in [0.05, 0.1) is 12.4 Å². The minimum absolute atomic E-state index is 0.111. The first kappa shape index (κ1) is 18.8. The second-order valence-corrected chi connectivity index (χ2v) is 6.61. The number of fused-ring (bicyclic) bond motifs is 1. The predicted molar refractivity (Wildman–Crippen MR) is 113 cm³/mol. The number of carbonyl (C=O) groups excluding carboxylic acids is 1. The number of hydrogen-bond acceptors (Lipinski definition) is 5. The van der Waals surface area contributed by atoms with Crippen molar-refractivity contribution < 1.29 is 9.53 Å². The van der Waals surface area contributed by atoms with E-state index >= 15 is 0 Å². The highest BCUT2D eigenvalue weighted by atomic mass is 35.5. The fourth-order valence-corrected chi connectivity index (χ4v) is 2.93. The molecule has 2 N–H and O–H groups in total. The lowest BCUT2D eigenvalue weighted by molar-refractivity contribution is -0.113. The number of halogens is 1. The third-order valence-electron chi connectivity index (χ3n) is 4.28. The zero-order valence-electron chi connectivity index (χ0n) is 15.6. The first-order chi connectivity index (χ1) is 14.1. The molecule has 2 aromatic heterocycles. The van der Waals surface area contributed by atoms with Gasteiger partial charge in [-0.05, 0) is 30.7 Å². The predicted octanol–water partition coefficient (Wildman–Crippen LogP) is 4.75. The SMILES string of the molecule is Cc1ccccc1Nc1ncc(Oc2cccc(NC(=O)CCl)c2)n2cncc12. The van der Waals surface area contributed by atoms with Gasteiger partial charge in [-0.25, -0.2) is 9.97 Å².